The van der Waals surface area contributed by atoms with E-state index in [0.717, 1.165) is 0 Å². The lowest BCUT2D eigenvalue weighted by Crippen LogP contribution is -2.60. The van der Waals surface area contributed by atoms with Crippen LogP contribution in [0, 0.1) is 12.3 Å². The van der Waals surface area contributed by atoms with Crippen molar-refractivity contribution < 1.29 is 0 Å². The van der Waals surface area contributed by atoms with Crippen molar-refractivity contribution in [3.05, 3.63) is 47.3 Å². The van der Waals surface area contributed by atoms with Crippen LogP contribution in [0.5, 0.6) is 0 Å². The van der Waals surface area contributed by atoms with Crippen molar-refractivity contribution >= 4 is 0 Å². The Hall–Kier alpha value is -1.65. The van der Waals surface area contributed by atoms with Crippen molar-refractivity contribution in [3.8, 4) is 5.69 Å². The van der Waals surface area contributed by atoms with Crippen LogP contribution in [0.15, 0.2) is 30.6 Å². The number of aromatic nitrogens is 2. The molecule has 4 heteroatoms. The maximum absolute atomic E-state index is 4.45. The third-order valence-corrected chi connectivity index (χ3v) is 6.33. The number of aryl methyl sites for hydroxylation is 2. The quantitative estimate of drug-likeness (QED) is 0.923. The van der Waals surface area contributed by atoms with Crippen molar-refractivity contribution in [1.82, 2.24) is 20.0 Å². The third kappa shape index (κ3) is 2.32. The third-order valence-electron chi connectivity index (χ3n) is 6.33. The summed E-state index contributed by atoms with van der Waals surface area (Å²) in [5, 5.41) is 7.96. The minimum atomic E-state index is 0.626. The standard InChI is InChI=1S/C20H26N4/c1-15-11-22-24(12-15)17-3-4-18-16(10-17)2-5-19(18)23-13-20(14-23)6-8-21-9-7-20/h3-4,10-12,19,21H,2,5-9,13-14H2,1H3/t19-/m1/s1. The van der Waals surface area contributed by atoms with Gasteiger partial charge in [-0.25, -0.2) is 4.68 Å². The number of likely N-dealkylation sites (tertiary alicyclic amines) is 1. The maximum Gasteiger partial charge on any atom is 0.0648 e. The molecule has 2 saturated heterocycles. The fraction of sp³-hybridized carbons (Fsp3) is 0.550. The normalized spacial score (nSPS) is 25.6. The SMILES string of the molecule is Cc1cnn(-c2ccc3c(c2)CC[C@H]3N2CC3(CCNCC3)C2)c1. The molecule has 1 aromatic carbocycles. The number of fused-ring (bicyclic) bond motifs is 1. The van der Waals surface area contributed by atoms with Crippen LogP contribution < -0.4 is 5.32 Å². The van der Waals surface area contributed by atoms with E-state index >= 15 is 0 Å². The Kier molecular flexibility index (Phi) is 3.32. The molecule has 1 spiro atoms. The number of hydrogen-bond acceptors (Lipinski definition) is 3. The number of hydrogen-bond donors (Lipinski definition) is 1. The fourth-order valence-electron chi connectivity index (χ4n) is 4.97. The number of rotatable bonds is 2. The van der Waals surface area contributed by atoms with E-state index in [1.165, 1.54) is 68.7 Å². The lowest BCUT2D eigenvalue weighted by atomic mass is 9.71. The highest BCUT2D eigenvalue weighted by Crippen LogP contribution is 2.47. The number of piperidine rings is 1. The van der Waals surface area contributed by atoms with Crippen LogP contribution in [-0.4, -0.2) is 40.9 Å². The fourth-order valence-corrected chi connectivity index (χ4v) is 4.97. The molecule has 3 aliphatic rings. The molecule has 2 fully saturated rings. The van der Waals surface area contributed by atoms with Gasteiger partial charge in [0.15, 0.2) is 0 Å². The highest BCUT2D eigenvalue weighted by molar-refractivity contribution is 5.44. The second kappa shape index (κ2) is 5.43. The summed E-state index contributed by atoms with van der Waals surface area (Å²) in [4.78, 5) is 2.73. The molecule has 1 N–H and O–H groups in total. The van der Waals surface area contributed by atoms with E-state index in [0.29, 0.717) is 11.5 Å². The van der Waals surface area contributed by atoms with Crippen LogP contribution in [0.2, 0.25) is 0 Å². The van der Waals surface area contributed by atoms with Crippen molar-refractivity contribution in [2.24, 2.45) is 5.41 Å². The molecular formula is C20H26N4. The Bertz CT molecular complexity index is 749. The Morgan fingerprint density at radius 3 is 2.79 bits per heavy atom. The van der Waals surface area contributed by atoms with E-state index in [1.54, 1.807) is 5.56 Å². The molecule has 126 valence electrons. The van der Waals surface area contributed by atoms with Gasteiger partial charge in [-0.2, -0.15) is 5.10 Å². The molecule has 0 amide bonds. The zero-order valence-electron chi connectivity index (χ0n) is 14.5. The molecular weight excluding hydrogens is 296 g/mol. The van der Waals surface area contributed by atoms with Crippen molar-refractivity contribution in [3.63, 3.8) is 0 Å². The minimum Gasteiger partial charge on any atom is -0.317 e. The molecule has 3 heterocycles. The molecule has 2 aliphatic heterocycles. The Morgan fingerprint density at radius 2 is 2.04 bits per heavy atom. The average molecular weight is 322 g/mol. The Morgan fingerprint density at radius 1 is 1.21 bits per heavy atom. The summed E-state index contributed by atoms with van der Waals surface area (Å²) in [6.07, 6.45) is 9.24. The molecule has 24 heavy (non-hydrogen) atoms. The molecule has 5 rings (SSSR count). The summed E-state index contributed by atoms with van der Waals surface area (Å²) in [6.45, 7) is 7.12. The van der Waals surface area contributed by atoms with Crippen molar-refractivity contribution in [2.75, 3.05) is 26.2 Å². The average Bonchev–Trinajstić information content (AvgIpc) is 3.19. The van der Waals surface area contributed by atoms with Gasteiger partial charge < -0.3 is 5.32 Å². The molecule has 0 radical (unpaired) electrons. The minimum absolute atomic E-state index is 0.626. The predicted molar refractivity (Wildman–Crippen MR) is 95.5 cm³/mol. The summed E-state index contributed by atoms with van der Waals surface area (Å²) >= 11 is 0. The molecule has 0 saturated carbocycles. The van der Waals surface area contributed by atoms with Gasteiger partial charge in [0.2, 0.25) is 0 Å². The van der Waals surface area contributed by atoms with Gasteiger partial charge in [-0.1, -0.05) is 6.07 Å². The van der Waals surface area contributed by atoms with E-state index in [4.69, 9.17) is 0 Å². The van der Waals surface area contributed by atoms with Crippen molar-refractivity contribution in [2.45, 2.75) is 38.6 Å². The van der Waals surface area contributed by atoms with Gasteiger partial charge in [-0.15, -0.1) is 0 Å². The van der Waals surface area contributed by atoms with Crippen LogP contribution >= 0.6 is 0 Å². The number of benzene rings is 1. The first kappa shape index (κ1) is 14.7. The summed E-state index contributed by atoms with van der Waals surface area (Å²) < 4.78 is 2.00. The first-order valence-corrected chi connectivity index (χ1v) is 9.32. The molecule has 4 nitrogen and oxygen atoms in total. The van der Waals surface area contributed by atoms with E-state index in [9.17, 15) is 0 Å². The van der Waals surface area contributed by atoms with E-state index < -0.39 is 0 Å². The predicted octanol–water partition coefficient (Wildman–Crippen LogP) is 2.85. The lowest BCUT2D eigenvalue weighted by Gasteiger charge is -2.55. The van der Waals surface area contributed by atoms with Gasteiger partial charge in [-0.05, 0) is 79.9 Å². The Labute approximate surface area is 143 Å². The highest BCUT2D eigenvalue weighted by atomic mass is 15.3. The molecule has 0 unspecified atom stereocenters. The monoisotopic (exact) mass is 322 g/mol. The molecule has 0 bridgehead atoms. The first-order valence-electron chi connectivity index (χ1n) is 9.32. The van der Waals surface area contributed by atoms with Crippen LogP contribution in [0.3, 0.4) is 0 Å². The second-order valence-corrected chi connectivity index (χ2v) is 8.05. The molecule has 2 aromatic rings. The smallest absolute Gasteiger partial charge is 0.0648 e. The highest BCUT2D eigenvalue weighted by Gasteiger charge is 2.46. The van der Waals surface area contributed by atoms with Gasteiger partial charge in [0.1, 0.15) is 0 Å². The van der Waals surface area contributed by atoms with Crippen molar-refractivity contribution in [1.29, 1.82) is 0 Å². The zero-order valence-corrected chi connectivity index (χ0v) is 14.5. The Balaban J connectivity index is 1.34. The van der Waals surface area contributed by atoms with Gasteiger partial charge in [0.05, 0.1) is 11.9 Å². The molecule has 1 aromatic heterocycles. The summed E-state index contributed by atoms with van der Waals surface area (Å²) in [6, 6.07) is 7.59. The summed E-state index contributed by atoms with van der Waals surface area (Å²) in [5.74, 6) is 0. The molecule has 1 atom stereocenters. The second-order valence-electron chi connectivity index (χ2n) is 8.05. The first-order chi connectivity index (χ1) is 11.7. The van der Waals surface area contributed by atoms with Crippen LogP contribution in [-0.2, 0) is 6.42 Å². The largest absolute Gasteiger partial charge is 0.317 e. The van der Waals surface area contributed by atoms with Crippen LogP contribution in [0.1, 0.15) is 42.0 Å². The lowest BCUT2D eigenvalue weighted by molar-refractivity contribution is -0.0512. The van der Waals surface area contributed by atoms with Gasteiger partial charge >= 0.3 is 0 Å². The van der Waals surface area contributed by atoms with Gasteiger partial charge in [0, 0.05) is 25.3 Å². The summed E-state index contributed by atoms with van der Waals surface area (Å²) in [5.41, 5.74) is 6.12. The number of nitrogens with zero attached hydrogens (tertiary/aromatic N) is 3. The maximum atomic E-state index is 4.45. The number of nitrogens with one attached hydrogen (secondary N) is 1. The van der Waals surface area contributed by atoms with E-state index in [2.05, 4.69) is 46.6 Å². The van der Waals surface area contributed by atoms with Gasteiger partial charge in [-0.3, -0.25) is 4.90 Å². The molecule has 1 aliphatic carbocycles. The summed E-state index contributed by atoms with van der Waals surface area (Å²) in [7, 11) is 0. The van der Waals surface area contributed by atoms with E-state index in [-0.39, 0.29) is 0 Å². The van der Waals surface area contributed by atoms with Crippen LogP contribution in [0.4, 0.5) is 0 Å². The topological polar surface area (TPSA) is 33.1 Å². The van der Waals surface area contributed by atoms with Crippen LogP contribution in [0.25, 0.3) is 5.69 Å². The van der Waals surface area contributed by atoms with Gasteiger partial charge in [0.25, 0.3) is 0 Å². The zero-order chi connectivity index (χ0) is 16.1. The van der Waals surface area contributed by atoms with E-state index in [1.807, 2.05) is 10.9 Å².